The highest BCUT2D eigenvalue weighted by Gasteiger charge is 2.17. The van der Waals surface area contributed by atoms with Gasteiger partial charge in [-0.2, -0.15) is 0 Å². The summed E-state index contributed by atoms with van der Waals surface area (Å²) in [6, 6.07) is 18.6. The molecule has 0 amide bonds. The smallest absolute Gasteiger partial charge is 0.0450 e. The van der Waals surface area contributed by atoms with Gasteiger partial charge in [-0.25, -0.2) is 0 Å². The molecule has 1 aromatic heterocycles. The van der Waals surface area contributed by atoms with Crippen LogP contribution in [-0.4, -0.2) is 4.98 Å². The van der Waals surface area contributed by atoms with Crippen molar-refractivity contribution in [2.75, 3.05) is 0 Å². The molecule has 21 heavy (non-hydrogen) atoms. The van der Waals surface area contributed by atoms with Crippen LogP contribution in [-0.2, 0) is 0 Å². The van der Waals surface area contributed by atoms with Gasteiger partial charge in [0, 0.05) is 28.3 Å². The molecule has 0 spiro atoms. The molecule has 0 radical (unpaired) electrons. The topological polar surface area (TPSA) is 38.9 Å². The van der Waals surface area contributed by atoms with Crippen LogP contribution in [0.25, 0.3) is 10.8 Å². The number of nitrogens with two attached hydrogens (primary N) is 1. The van der Waals surface area contributed by atoms with Gasteiger partial charge in [-0.05, 0) is 46.7 Å². The van der Waals surface area contributed by atoms with Gasteiger partial charge in [0.1, 0.15) is 0 Å². The summed E-state index contributed by atoms with van der Waals surface area (Å²) < 4.78 is 1.09. The Morgan fingerprint density at radius 3 is 2.52 bits per heavy atom. The van der Waals surface area contributed by atoms with Gasteiger partial charge in [-0.3, -0.25) is 4.98 Å². The molecule has 2 aromatic carbocycles. The van der Waals surface area contributed by atoms with E-state index in [0.717, 1.165) is 15.7 Å². The third-order valence-corrected chi connectivity index (χ3v) is 4.40. The van der Waals surface area contributed by atoms with Crippen LogP contribution in [0.5, 0.6) is 0 Å². The monoisotopic (exact) mass is 340 g/mol. The molecule has 3 aromatic rings. The molecule has 2 N–H and O–H groups in total. The largest absolute Gasteiger partial charge is 0.323 e. The van der Waals surface area contributed by atoms with E-state index >= 15 is 0 Å². The number of nitrogens with zero attached hydrogens (tertiary/aromatic N) is 1. The Kier molecular flexibility index (Phi) is 4.04. The lowest BCUT2D eigenvalue weighted by Gasteiger charge is -2.20. The maximum atomic E-state index is 6.44. The molecule has 0 bridgehead atoms. The molecule has 0 saturated heterocycles. The Hall–Kier alpha value is -1.71. The first-order valence-electron chi connectivity index (χ1n) is 7.01. The minimum absolute atomic E-state index is 0.0621. The van der Waals surface area contributed by atoms with E-state index in [-0.39, 0.29) is 12.0 Å². The first kappa shape index (κ1) is 14.2. The zero-order chi connectivity index (χ0) is 14.8. The Morgan fingerprint density at radius 1 is 1.00 bits per heavy atom. The highest BCUT2D eigenvalue weighted by Crippen LogP contribution is 2.30. The number of hydrogen-bond donors (Lipinski definition) is 1. The van der Waals surface area contributed by atoms with Gasteiger partial charge in [0.05, 0.1) is 0 Å². The van der Waals surface area contributed by atoms with E-state index in [1.165, 1.54) is 10.8 Å². The van der Waals surface area contributed by atoms with Crippen molar-refractivity contribution < 1.29 is 0 Å². The van der Waals surface area contributed by atoms with Gasteiger partial charge in [-0.15, -0.1) is 0 Å². The lowest BCUT2D eigenvalue weighted by atomic mass is 9.91. The van der Waals surface area contributed by atoms with Crippen LogP contribution in [0.4, 0.5) is 0 Å². The molecule has 0 aliphatic heterocycles. The fourth-order valence-corrected chi connectivity index (χ4v) is 2.94. The lowest BCUT2D eigenvalue weighted by Crippen LogP contribution is -2.18. The summed E-state index contributed by atoms with van der Waals surface area (Å²) >= 11 is 3.50. The summed E-state index contributed by atoms with van der Waals surface area (Å²) in [5, 5.41) is 2.42. The van der Waals surface area contributed by atoms with Crippen molar-refractivity contribution in [2.45, 2.75) is 18.9 Å². The van der Waals surface area contributed by atoms with Crippen molar-refractivity contribution in [1.82, 2.24) is 4.98 Å². The Morgan fingerprint density at radius 2 is 1.76 bits per heavy atom. The Bertz CT molecular complexity index is 756. The van der Waals surface area contributed by atoms with Gasteiger partial charge in [0.25, 0.3) is 0 Å². The fourth-order valence-electron chi connectivity index (χ4n) is 2.56. The number of pyridine rings is 1. The maximum absolute atomic E-state index is 6.44. The number of fused-ring (bicyclic) bond motifs is 1. The molecule has 1 heterocycles. The van der Waals surface area contributed by atoms with Gasteiger partial charge >= 0.3 is 0 Å². The fraction of sp³-hybridized carbons (Fsp3) is 0.167. The Labute approximate surface area is 133 Å². The summed E-state index contributed by atoms with van der Waals surface area (Å²) in [6.07, 6.45) is 1.82. The van der Waals surface area contributed by atoms with Crippen LogP contribution in [0.2, 0.25) is 0 Å². The minimum atomic E-state index is -0.0621. The molecule has 3 heteroatoms. The predicted molar refractivity (Wildman–Crippen MR) is 91.2 cm³/mol. The summed E-state index contributed by atoms with van der Waals surface area (Å²) in [4.78, 5) is 4.41. The van der Waals surface area contributed by atoms with Crippen molar-refractivity contribution >= 4 is 26.7 Å². The van der Waals surface area contributed by atoms with Crippen LogP contribution < -0.4 is 5.73 Å². The first-order valence-corrected chi connectivity index (χ1v) is 7.80. The molecular weight excluding hydrogens is 324 g/mol. The minimum Gasteiger partial charge on any atom is -0.323 e. The van der Waals surface area contributed by atoms with Gasteiger partial charge in [-0.1, -0.05) is 47.1 Å². The van der Waals surface area contributed by atoms with Crippen LogP contribution in [0, 0.1) is 0 Å². The van der Waals surface area contributed by atoms with E-state index in [1.54, 1.807) is 0 Å². The standard InChI is InChI=1S/C18H17BrN2/c1-12(17-4-2-3-9-21-17)18(20)15-6-5-14-11-16(19)8-7-13(14)10-15/h2-12,18H,20H2,1H3. The van der Waals surface area contributed by atoms with E-state index in [4.69, 9.17) is 5.73 Å². The molecule has 0 fully saturated rings. The van der Waals surface area contributed by atoms with Crippen LogP contribution in [0.3, 0.4) is 0 Å². The van der Waals surface area contributed by atoms with E-state index in [9.17, 15) is 0 Å². The van der Waals surface area contributed by atoms with Crippen LogP contribution in [0.1, 0.15) is 30.1 Å². The molecule has 2 nitrogen and oxygen atoms in total. The molecule has 2 atom stereocenters. The first-order chi connectivity index (χ1) is 10.1. The third kappa shape index (κ3) is 2.99. The van der Waals surface area contributed by atoms with Crippen molar-refractivity contribution in [2.24, 2.45) is 5.73 Å². The molecule has 0 aliphatic rings. The number of benzene rings is 2. The van der Waals surface area contributed by atoms with Crippen molar-refractivity contribution in [3.05, 3.63) is 76.5 Å². The van der Waals surface area contributed by atoms with Gasteiger partial charge in [0.15, 0.2) is 0 Å². The Balaban J connectivity index is 1.94. The highest BCUT2D eigenvalue weighted by atomic mass is 79.9. The van der Waals surface area contributed by atoms with Crippen LogP contribution >= 0.6 is 15.9 Å². The number of aromatic nitrogens is 1. The quantitative estimate of drug-likeness (QED) is 0.743. The predicted octanol–water partition coefficient (Wildman–Crippen LogP) is 4.80. The molecular formula is C18H17BrN2. The lowest BCUT2D eigenvalue weighted by molar-refractivity contribution is 0.584. The van der Waals surface area contributed by atoms with Crippen molar-refractivity contribution in [3.8, 4) is 0 Å². The average Bonchev–Trinajstić information content (AvgIpc) is 2.53. The summed E-state index contributed by atoms with van der Waals surface area (Å²) in [6.45, 7) is 2.12. The summed E-state index contributed by atoms with van der Waals surface area (Å²) in [7, 11) is 0. The maximum Gasteiger partial charge on any atom is 0.0450 e. The zero-order valence-corrected chi connectivity index (χ0v) is 13.4. The summed E-state index contributed by atoms with van der Waals surface area (Å²) in [5.74, 6) is 0.180. The van der Waals surface area contributed by atoms with Crippen molar-refractivity contribution in [3.63, 3.8) is 0 Å². The molecule has 3 rings (SSSR count). The van der Waals surface area contributed by atoms with E-state index in [2.05, 4.69) is 64.2 Å². The normalized spacial score (nSPS) is 14.0. The summed E-state index contributed by atoms with van der Waals surface area (Å²) in [5.41, 5.74) is 8.61. The van der Waals surface area contributed by atoms with E-state index in [1.807, 2.05) is 24.4 Å². The SMILES string of the molecule is CC(c1ccccn1)C(N)c1ccc2cc(Br)ccc2c1. The zero-order valence-electron chi connectivity index (χ0n) is 11.8. The number of rotatable bonds is 3. The number of halogens is 1. The third-order valence-electron chi connectivity index (χ3n) is 3.90. The van der Waals surface area contributed by atoms with Crippen molar-refractivity contribution in [1.29, 1.82) is 0 Å². The molecule has 106 valence electrons. The average molecular weight is 341 g/mol. The number of hydrogen-bond acceptors (Lipinski definition) is 2. The van der Waals surface area contributed by atoms with Crippen LogP contribution in [0.15, 0.2) is 65.3 Å². The van der Waals surface area contributed by atoms with Gasteiger partial charge in [0.2, 0.25) is 0 Å². The molecule has 0 aliphatic carbocycles. The van der Waals surface area contributed by atoms with Gasteiger partial charge < -0.3 is 5.73 Å². The van der Waals surface area contributed by atoms with E-state index in [0.29, 0.717) is 0 Å². The second-order valence-electron chi connectivity index (χ2n) is 5.32. The second-order valence-corrected chi connectivity index (χ2v) is 6.24. The molecule has 0 saturated carbocycles. The second kappa shape index (κ2) is 5.96. The molecule has 2 unspecified atom stereocenters. The highest BCUT2D eigenvalue weighted by molar-refractivity contribution is 9.10. The van der Waals surface area contributed by atoms with E-state index < -0.39 is 0 Å².